The molecule has 0 saturated carbocycles. The molecule has 2 heterocycles. The number of fused-ring (bicyclic) bond motifs is 2. The second-order valence-electron chi connectivity index (χ2n) is 9.59. The molecule has 0 bridgehead atoms. The van der Waals surface area contributed by atoms with Crippen molar-refractivity contribution in [2.24, 2.45) is 11.5 Å². The first-order chi connectivity index (χ1) is 20.5. The van der Waals surface area contributed by atoms with Crippen LogP contribution in [0.2, 0.25) is 0 Å². The minimum atomic E-state index is -1.39. The zero-order valence-corrected chi connectivity index (χ0v) is 24.4. The molecule has 1 atom stereocenters. The summed E-state index contributed by atoms with van der Waals surface area (Å²) < 4.78 is 20.0. The molecule has 0 radical (unpaired) electrons. The van der Waals surface area contributed by atoms with Gasteiger partial charge in [0.15, 0.2) is 17.2 Å². The summed E-state index contributed by atoms with van der Waals surface area (Å²) in [6.45, 7) is 5.89. The number of aromatic carboxylic acids is 1. The van der Waals surface area contributed by atoms with Crippen LogP contribution in [0.1, 0.15) is 83.8 Å². The highest BCUT2D eigenvalue weighted by molar-refractivity contribution is 5.96. The minimum Gasteiger partial charge on any atom is -0.477 e. The topological polar surface area (TPSA) is 192 Å². The standard InChI is InChI=1S/C22H19FN4O5.C8H10N2O.CH4.ClH/c1-3-8-32-22(31)13-4-5-14-12(11(13)2)6-7-16(14)26-20(28)18-9-17(21(29)30)25-19-15(23)10-24-27(18)19;9-5-6-2-1-3-7(4-6)8(10)11;;/h3-5,9-10,16H,1,6-8H2,2H3,(H,26,28)(H,29,30);1-4H,5,9H2,(H2,10,11);1H4;1H/t16-;;;/m0.../s1. The van der Waals surface area contributed by atoms with Crippen molar-refractivity contribution in [3.05, 3.63) is 112 Å². The van der Waals surface area contributed by atoms with Crippen LogP contribution in [0.25, 0.3) is 5.65 Å². The van der Waals surface area contributed by atoms with Crippen molar-refractivity contribution in [2.45, 2.75) is 39.8 Å². The zero-order valence-electron chi connectivity index (χ0n) is 23.6. The van der Waals surface area contributed by atoms with E-state index in [9.17, 15) is 28.7 Å². The average Bonchev–Trinajstić information content (AvgIpc) is 3.59. The molecule has 0 saturated heterocycles. The number of hydrogen-bond acceptors (Lipinski definition) is 8. The zero-order chi connectivity index (χ0) is 31.3. The number of nitrogens with zero attached hydrogens (tertiary/aromatic N) is 3. The van der Waals surface area contributed by atoms with Gasteiger partial charge in [-0.05, 0) is 60.2 Å². The number of hydrogen-bond donors (Lipinski definition) is 4. The monoisotopic (exact) mass is 640 g/mol. The number of esters is 1. The molecule has 0 unspecified atom stereocenters. The highest BCUT2D eigenvalue weighted by atomic mass is 35.5. The average molecular weight is 641 g/mol. The number of nitrogens with two attached hydrogens (primary N) is 2. The van der Waals surface area contributed by atoms with Gasteiger partial charge in [-0.1, -0.05) is 38.3 Å². The number of nitrogens with one attached hydrogen (secondary N) is 1. The van der Waals surface area contributed by atoms with Crippen LogP contribution in [0, 0.1) is 12.7 Å². The number of carboxylic acids is 1. The lowest BCUT2D eigenvalue weighted by Gasteiger charge is -2.16. The van der Waals surface area contributed by atoms with Crippen molar-refractivity contribution in [3.8, 4) is 0 Å². The number of amides is 2. The van der Waals surface area contributed by atoms with Crippen LogP contribution in [0.4, 0.5) is 4.39 Å². The van der Waals surface area contributed by atoms with E-state index >= 15 is 0 Å². The maximum Gasteiger partial charge on any atom is 0.354 e. The van der Waals surface area contributed by atoms with Gasteiger partial charge in [0.1, 0.15) is 12.3 Å². The van der Waals surface area contributed by atoms with Gasteiger partial charge >= 0.3 is 11.9 Å². The predicted molar refractivity (Wildman–Crippen MR) is 167 cm³/mol. The van der Waals surface area contributed by atoms with Gasteiger partial charge in [-0.15, -0.1) is 12.4 Å². The highest BCUT2D eigenvalue weighted by Gasteiger charge is 2.29. The first-order valence-electron chi connectivity index (χ1n) is 13.1. The lowest BCUT2D eigenvalue weighted by atomic mass is 9.98. The molecule has 0 fully saturated rings. The summed E-state index contributed by atoms with van der Waals surface area (Å²) in [6.07, 6.45) is 3.58. The van der Waals surface area contributed by atoms with Crippen molar-refractivity contribution in [1.82, 2.24) is 19.9 Å². The Balaban J connectivity index is 0.000000462. The summed E-state index contributed by atoms with van der Waals surface area (Å²) in [6, 6.07) is 11.1. The molecular formula is C31H34ClFN6O6. The van der Waals surface area contributed by atoms with Crippen LogP contribution in [-0.2, 0) is 17.7 Å². The number of aromatic nitrogens is 3. The molecular weight excluding hydrogens is 607 g/mol. The van der Waals surface area contributed by atoms with Crippen molar-refractivity contribution < 1.29 is 33.4 Å². The van der Waals surface area contributed by atoms with Gasteiger partial charge in [-0.25, -0.2) is 23.5 Å². The molecule has 2 aromatic heterocycles. The lowest BCUT2D eigenvalue weighted by Crippen LogP contribution is -2.29. The van der Waals surface area contributed by atoms with Gasteiger partial charge in [0.2, 0.25) is 5.91 Å². The normalized spacial score (nSPS) is 12.8. The predicted octanol–water partition coefficient (Wildman–Crippen LogP) is 3.94. The molecule has 14 heteroatoms. The summed E-state index contributed by atoms with van der Waals surface area (Å²) in [5.41, 5.74) is 13.9. The van der Waals surface area contributed by atoms with Crippen molar-refractivity contribution in [3.63, 3.8) is 0 Å². The van der Waals surface area contributed by atoms with Gasteiger partial charge in [0.05, 0.1) is 17.8 Å². The SMILES string of the molecule is C.C=CCOC(=O)c1ccc2c(c1C)CC[C@@H]2NC(=O)c1cc(C(=O)O)nc2c(F)cnn12.Cl.NCc1cccc(C(N)=O)c1. The van der Waals surface area contributed by atoms with Crippen molar-refractivity contribution in [2.75, 3.05) is 6.61 Å². The van der Waals surface area contributed by atoms with E-state index in [1.807, 2.05) is 13.0 Å². The van der Waals surface area contributed by atoms with E-state index in [1.54, 1.807) is 30.3 Å². The van der Waals surface area contributed by atoms with Crippen molar-refractivity contribution in [1.29, 1.82) is 0 Å². The smallest absolute Gasteiger partial charge is 0.354 e. The van der Waals surface area contributed by atoms with Gasteiger partial charge in [-0.2, -0.15) is 5.10 Å². The van der Waals surface area contributed by atoms with Gasteiger partial charge in [-0.3, -0.25) is 9.59 Å². The molecule has 5 rings (SSSR count). The van der Waals surface area contributed by atoms with Gasteiger partial charge < -0.3 is 26.6 Å². The van der Waals surface area contributed by atoms with E-state index in [0.717, 1.165) is 39.0 Å². The van der Waals surface area contributed by atoms with Crippen LogP contribution in [0.15, 0.2) is 61.3 Å². The van der Waals surface area contributed by atoms with E-state index in [0.29, 0.717) is 30.5 Å². The highest BCUT2D eigenvalue weighted by Crippen LogP contribution is 2.35. The van der Waals surface area contributed by atoms with E-state index in [4.69, 9.17) is 16.2 Å². The Bertz CT molecular complexity index is 1760. The molecule has 0 aliphatic heterocycles. The van der Waals surface area contributed by atoms with Crippen LogP contribution < -0.4 is 16.8 Å². The molecule has 1 aliphatic carbocycles. The Morgan fingerprint density at radius 3 is 2.60 bits per heavy atom. The number of carbonyl (C=O) groups excluding carboxylic acids is 3. The summed E-state index contributed by atoms with van der Waals surface area (Å²) in [5, 5.41) is 15.9. The summed E-state index contributed by atoms with van der Waals surface area (Å²) in [5.74, 6) is -3.70. The molecule has 4 aromatic rings. The van der Waals surface area contributed by atoms with Crippen LogP contribution in [0.5, 0.6) is 0 Å². The number of primary amides is 1. The Hall–Kier alpha value is -5.14. The number of carbonyl (C=O) groups is 4. The Kier molecular flexibility index (Phi) is 12.5. The fourth-order valence-corrected chi connectivity index (χ4v) is 4.75. The largest absolute Gasteiger partial charge is 0.477 e. The van der Waals surface area contributed by atoms with Gasteiger partial charge in [0.25, 0.3) is 5.91 Å². The number of benzene rings is 2. The van der Waals surface area contributed by atoms with E-state index < -0.39 is 35.3 Å². The molecule has 238 valence electrons. The first-order valence-corrected chi connectivity index (χ1v) is 13.1. The second kappa shape index (κ2) is 15.5. The Morgan fingerprint density at radius 2 is 1.96 bits per heavy atom. The Morgan fingerprint density at radius 1 is 1.22 bits per heavy atom. The molecule has 1 aliphatic rings. The second-order valence-corrected chi connectivity index (χ2v) is 9.59. The maximum absolute atomic E-state index is 13.9. The van der Waals surface area contributed by atoms with Crippen molar-refractivity contribution >= 4 is 41.8 Å². The number of halogens is 2. The van der Waals surface area contributed by atoms with E-state index in [2.05, 4.69) is 22.0 Å². The number of carboxylic acid groups (broad SMARTS) is 1. The van der Waals surface area contributed by atoms with Crippen LogP contribution >= 0.6 is 12.4 Å². The fraction of sp³-hybridized carbons (Fsp3) is 0.226. The molecule has 12 nitrogen and oxygen atoms in total. The third-order valence-corrected chi connectivity index (χ3v) is 6.88. The number of ether oxygens (including phenoxy) is 1. The molecule has 2 amide bonds. The molecule has 6 N–H and O–H groups in total. The molecule has 45 heavy (non-hydrogen) atoms. The van der Waals surface area contributed by atoms with E-state index in [-0.39, 0.29) is 43.8 Å². The Labute approximate surface area is 264 Å². The molecule has 2 aromatic carbocycles. The number of rotatable bonds is 8. The summed E-state index contributed by atoms with van der Waals surface area (Å²) in [4.78, 5) is 50.9. The first kappa shape index (κ1) is 36.1. The third kappa shape index (κ3) is 7.88. The van der Waals surface area contributed by atoms with E-state index in [1.165, 1.54) is 6.08 Å². The van der Waals surface area contributed by atoms with Gasteiger partial charge in [0, 0.05) is 18.2 Å². The van der Waals surface area contributed by atoms with Crippen LogP contribution in [0.3, 0.4) is 0 Å². The summed E-state index contributed by atoms with van der Waals surface area (Å²) >= 11 is 0. The lowest BCUT2D eigenvalue weighted by molar-refractivity contribution is 0.0547. The minimum absolute atomic E-state index is 0. The summed E-state index contributed by atoms with van der Waals surface area (Å²) in [7, 11) is 0. The molecule has 0 spiro atoms. The fourth-order valence-electron chi connectivity index (χ4n) is 4.75. The van der Waals surface area contributed by atoms with Crippen LogP contribution in [-0.4, -0.2) is 50.1 Å². The third-order valence-electron chi connectivity index (χ3n) is 6.88. The quantitative estimate of drug-likeness (QED) is 0.163. The maximum atomic E-state index is 13.9.